The SMILES string of the molecule is CN(C)CCC(=O)NN(C(C)(C)C)C(C)(C)C. The fourth-order valence-electron chi connectivity index (χ4n) is 1.85. The lowest BCUT2D eigenvalue weighted by Crippen LogP contribution is -2.61. The van der Waals surface area contributed by atoms with Crippen molar-refractivity contribution in [3.8, 4) is 0 Å². The van der Waals surface area contributed by atoms with Gasteiger partial charge in [-0.05, 0) is 55.6 Å². The number of carbonyl (C=O) groups excluding carboxylic acids is 1. The first-order valence-electron chi connectivity index (χ1n) is 6.19. The van der Waals surface area contributed by atoms with Crippen LogP contribution < -0.4 is 5.43 Å². The molecule has 0 unspecified atom stereocenters. The molecule has 0 aromatic heterocycles. The smallest absolute Gasteiger partial charge is 0.235 e. The van der Waals surface area contributed by atoms with Crippen LogP contribution in [0.3, 0.4) is 0 Å². The number of rotatable bonds is 4. The van der Waals surface area contributed by atoms with Crippen molar-refractivity contribution in [1.29, 1.82) is 0 Å². The first-order valence-corrected chi connectivity index (χ1v) is 6.19. The third-order valence-corrected chi connectivity index (χ3v) is 2.36. The number of hydrogen-bond acceptors (Lipinski definition) is 3. The van der Waals surface area contributed by atoms with E-state index in [-0.39, 0.29) is 17.0 Å². The van der Waals surface area contributed by atoms with Gasteiger partial charge in [0.05, 0.1) is 0 Å². The van der Waals surface area contributed by atoms with Crippen molar-refractivity contribution in [1.82, 2.24) is 15.3 Å². The van der Waals surface area contributed by atoms with Gasteiger partial charge in [0.2, 0.25) is 5.91 Å². The lowest BCUT2D eigenvalue weighted by molar-refractivity contribution is -0.133. The Morgan fingerprint density at radius 3 is 1.71 bits per heavy atom. The van der Waals surface area contributed by atoms with Crippen LogP contribution in [0.25, 0.3) is 0 Å². The molecule has 1 amide bonds. The summed E-state index contributed by atoms with van der Waals surface area (Å²) in [5.41, 5.74) is 2.84. The predicted octanol–water partition coefficient (Wildman–Crippen LogP) is 1.87. The van der Waals surface area contributed by atoms with Gasteiger partial charge >= 0.3 is 0 Å². The van der Waals surface area contributed by atoms with E-state index in [1.165, 1.54) is 0 Å². The first kappa shape index (κ1) is 16.4. The Bertz CT molecular complexity index is 234. The van der Waals surface area contributed by atoms with E-state index in [2.05, 4.69) is 47.0 Å². The molecule has 0 rings (SSSR count). The Labute approximate surface area is 106 Å². The fourth-order valence-corrected chi connectivity index (χ4v) is 1.85. The molecule has 0 radical (unpaired) electrons. The van der Waals surface area contributed by atoms with E-state index in [0.717, 1.165) is 6.54 Å². The molecule has 4 heteroatoms. The van der Waals surface area contributed by atoms with Crippen molar-refractivity contribution in [3.63, 3.8) is 0 Å². The van der Waals surface area contributed by atoms with Crippen LogP contribution in [0.5, 0.6) is 0 Å². The van der Waals surface area contributed by atoms with Gasteiger partial charge in [-0.1, -0.05) is 0 Å². The topological polar surface area (TPSA) is 35.6 Å². The molecule has 0 aliphatic heterocycles. The molecule has 17 heavy (non-hydrogen) atoms. The van der Waals surface area contributed by atoms with Gasteiger partial charge in [-0.3, -0.25) is 10.2 Å². The molecule has 102 valence electrons. The Balaban J connectivity index is 4.52. The second-order valence-corrected chi connectivity index (χ2v) is 6.77. The second-order valence-electron chi connectivity index (χ2n) is 6.77. The van der Waals surface area contributed by atoms with Crippen molar-refractivity contribution in [2.24, 2.45) is 0 Å². The van der Waals surface area contributed by atoms with E-state index in [4.69, 9.17) is 0 Å². The molecular weight excluding hydrogens is 214 g/mol. The number of nitrogens with zero attached hydrogens (tertiary/aromatic N) is 2. The van der Waals surface area contributed by atoms with Crippen molar-refractivity contribution in [2.45, 2.75) is 59.0 Å². The summed E-state index contributed by atoms with van der Waals surface area (Å²) in [5.74, 6) is 0.0727. The normalized spacial score (nSPS) is 13.3. The first-order chi connectivity index (χ1) is 7.44. The Hall–Kier alpha value is -0.610. The lowest BCUT2D eigenvalue weighted by atomic mass is 9.99. The monoisotopic (exact) mass is 243 g/mol. The average molecular weight is 243 g/mol. The number of hydrogen-bond donors (Lipinski definition) is 1. The zero-order valence-corrected chi connectivity index (χ0v) is 12.7. The molecule has 0 aliphatic rings. The van der Waals surface area contributed by atoms with Gasteiger partial charge < -0.3 is 4.90 Å². The van der Waals surface area contributed by atoms with Gasteiger partial charge in [0.25, 0.3) is 0 Å². The van der Waals surface area contributed by atoms with Gasteiger partial charge in [0.15, 0.2) is 0 Å². The number of carbonyl (C=O) groups is 1. The molecule has 0 heterocycles. The maximum Gasteiger partial charge on any atom is 0.235 e. The molecule has 4 nitrogen and oxygen atoms in total. The van der Waals surface area contributed by atoms with E-state index < -0.39 is 0 Å². The van der Waals surface area contributed by atoms with E-state index in [0.29, 0.717) is 6.42 Å². The summed E-state index contributed by atoms with van der Waals surface area (Å²) in [4.78, 5) is 13.9. The maximum atomic E-state index is 11.9. The molecule has 0 saturated carbocycles. The molecule has 0 fully saturated rings. The van der Waals surface area contributed by atoms with Crippen LogP contribution in [0, 0.1) is 0 Å². The van der Waals surface area contributed by atoms with Crippen molar-refractivity contribution < 1.29 is 4.79 Å². The van der Waals surface area contributed by atoms with Crippen LogP contribution in [0.1, 0.15) is 48.0 Å². The third kappa shape index (κ3) is 6.64. The summed E-state index contributed by atoms with van der Waals surface area (Å²) in [6.45, 7) is 13.4. The largest absolute Gasteiger partial charge is 0.309 e. The van der Waals surface area contributed by atoms with Crippen LogP contribution in [0.15, 0.2) is 0 Å². The van der Waals surface area contributed by atoms with E-state index in [1.807, 2.05) is 24.0 Å². The highest BCUT2D eigenvalue weighted by Crippen LogP contribution is 2.21. The van der Waals surface area contributed by atoms with Gasteiger partial charge in [0, 0.05) is 24.0 Å². The standard InChI is InChI=1S/C13H29N3O/c1-12(2,3)16(13(4,5)6)14-11(17)9-10-15(7)8/h9-10H2,1-8H3,(H,14,17). The summed E-state index contributed by atoms with van der Waals surface area (Å²) < 4.78 is 0. The van der Waals surface area contributed by atoms with Gasteiger partial charge in [-0.2, -0.15) is 0 Å². The van der Waals surface area contributed by atoms with E-state index in [1.54, 1.807) is 0 Å². The van der Waals surface area contributed by atoms with Crippen LogP contribution in [0.2, 0.25) is 0 Å². The van der Waals surface area contributed by atoms with E-state index in [9.17, 15) is 4.79 Å². The minimum atomic E-state index is -0.0912. The summed E-state index contributed by atoms with van der Waals surface area (Å²) >= 11 is 0. The van der Waals surface area contributed by atoms with Crippen LogP contribution in [-0.4, -0.2) is 47.5 Å². The Morgan fingerprint density at radius 1 is 1.00 bits per heavy atom. The Kier molecular flexibility index (Phi) is 5.62. The van der Waals surface area contributed by atoms with Gasteiger partial charge in [-0.15, -0.1) is 0 Å². The number of hydrazine groups is 1. The summed E-state index contributed by atoms with van der Waals surface area (Å²) in [5, 5.41) is 2.03. The van der Waals surface area contributed by atoms with Crippen molar-refractivity contribution in [3.05, 3.63) is 0 Å². The zero-order valence-electron chi connectivity index (χ0n) is 12.7. The zero-order chi connectivity index (χ0) is 13.9. The predicted molar refractivity (Wildman–Crippen MR) is 72.7 cm³/mol. The van der Waals surface area contributed by atoms with Crippen LogP contribution in [-0.2, 0) is 4.79 Å². The molecule has 0 aromatic carbocycles. The number of nitrogens with one attached hydrogen (secondary N) is 1. The van der Waals surface area contributed by atoms with Crippen molar-refractivity contribution in [2.75, 3.05) is 20.6 Å². The van der Waals surface area contributed by atoms with Gasteiger partial charge in [0.1, 0.15) is 0 Å². The maximum absolute atomic E-state index is 11.9. The molecule has 0 saturated heterocycles. The molecule has 1 N–H and O–H groups in total. The minimum absolute atomic E-state index is 0.0727. The quantitative estimate of drug-likeness (QED) is 0.766. The highest BCUT2D eigenvalue weighted by molar-refractivity contribution is 5.75. The highest BCUT2D eigenvalue weighted by Gasteiger charge is 2.32. The summed E-state index contributed by atoms with van der Waals surface area (Å²) in [6.07, 6.45) is 0.523. The Morgan fingerprint density at radius 2 is 1.41 bits per heavy atom. The highest BCUT2D eigenvalue weighted by atomic mass is 16.2. The van der Waals surface area contributed by atoms with Crippen LogP contribution in [0.4, 0.5) is 0 Å². The summed E-state index contributed by atoms with van der Waals surface area (Å²) in [7, 11) is 3.94. The third-order valence-electron chi connectivity index (χ3n) is 2.36. The summed E-state index contributed by atoms with van der Waals surface area (Å²) in [6, 6.07) is 0. The minimum Gasteiger partial charge on any atom is -0.309 e. The second kappa shape index (κ2) is 5.83. The molecule has 0 aromatic rings. The fraction of sp³-hybridized carbons (Fsp3) is 0.923. The van der Waals surface area contributed by atoms with Crippen LogP contribution >= 0.6 is 0 Å². The molecule has 0 aliphatic carbocycles. The van der Waals surface area contributed by atoms with Gasteiger partial charge in [-0.25, -0.2) is 5.01 Å². The molecule has 0 bridgehead atoms. The number of amides is 1. The van der Waals surface area contributed by atoms with Crippen molar-refractivity contribution >= 4 is 5.91 Å². The molecule has 0 spiro atoms. The average Bonchev–Trinajstić information content (AvgIpc) is 2.07. The van der Waals surface area contributed by atoms with E-state index >= 15 is 0 Å². The lowest BCUT2D eigenvalue weighted by Gasteiger charge is -2.45. The molecule has 0 atom stereocenters. The molecular formula is C13H29N3O.